The number of hydrogen-bond acceptors (Lipinski definition) is 4. The van der Waals surface area contributed by atoms with Gasteiger partial charge in [-0.2, -0.15) is 5.10 Å². The molecular formula is C17H19N3O3. The van der Waals surface area contributed by atoms with E-state index in [0.717, 1.165) is 16.3 Å². The standard InChI is InChI=1S/C17H19N3O3/c1-3-18-16(21)17(22)20-19-11-14-13-8-6-5-7-12(13)9-10-15(14)23-4-2/h5-11H,3-4H2,1-2H3,(H,18,21)(H,20,22)/b19-11-. The van der Waals surface area contributed by atoms with Crippen LogP contribution in [0.3, 0.4) is 0 Å². The summed E-state index contributed by atoms with van der Waals surface area (Å²) in [6.45, 7) is 4.53. The second kappa shape index (κ2) is 7.93. The van der Waals surface area contributed by atoms with Gasteiger partial charge in [0.25, 0.3) is 0 Å². The van der Waals surface area contributed by atoms with Gasteiger partial charge in [-0.3, -0.25) is 9.59 Å². The van der Waals surface area contributed by atoms with Crippen molar-refractivity contribution < 1.29 is 14.3 Å². The molecule has 2 N–H and O–H groups in total. The summed E-state index contributed by atoms with van der Waals surface area (Å²) in [6.07, 6.45) is 1.49. The lowest BCUT2D eigenvalue weighted by molar-refractivity contribution is -0.139. The van der Waals surface area contributed by atoms with E-state index in [4.69, 9.17) is 4.74 Å². The number of carbonyl (C=O) groups is 2. The molecule has 0 unspecified atom stereocenters. The molecule has 0 aliphatic carbocycles. The van der Waals surface area contributed by atoms with E-state index in [9.17, 15) is 9.59 Å². The van der Waals surface area contributed by atoms with Crippen molar-refractivity contribution >= 4 is 28.8 Å². The molecule has 0 saturated carbocycles. The predicted octanol–water partition coefficient (Wildman–Crippen LogP) is 1.82. The van der Waals surface area contributed by atoms with Gasteiger partial charge in [0.1, 0.15) is 5.75 Å². The maximum Gasteiger partial charge on any atom is 0.329 e. The zero-order chi connectivity index (χ0) is 16.7. The fourth-order valence-electron chi connectivity index (χ4n) is 2.14. The van der Waals surface area contributed by atoms with Crippen LogP contribution in [0.25, 0.3) is 10.8 Å². The Morgan fingerprint density at radius 1 is 1.13 bits per heavy atom. The van der Waals surface area contributed by atoms with Crippen molar-refractivity contribution in [2.75, 3.05) is 13.2 Å². The molecule has 0 radical (unpaired) electrons. The van der Waals surface area contributed by atoms with Crippen LogP contribution in [0.1, 0.15) is 19.4 Å². The van der Waals surface area contributed by atoms with Crippen LogP contribution in [-0.4, -0.2) is 31.2 Å². The molecule has 0 aliphatic heterocycles. The van der Waals surface area contributed by atoms with Gasteiger partial charge in [0.05, 0.1) is 12.8 Å². The van der Waals surface area contributed by atoms with Gasteiger partial charge in [0.15, 0.2) is 0 Å². The highest BCUT2D eigenvalue weighted by atomic mass is 16.5. The number of carbonyl (C=O) groups excluding carboxylic acids is 2. The second-order valence-electron chi connectivity index (χ2n) is 4.69. The molecular weight excluding hydrogens is 294 g/mol. The van der Waals surface area contributed by atoms with E-state index in [1.165, 1.54) is 6.21 Å². The van der Waals surface area contributed by atoms with Gasteiger partial charge in [-0.25, -0.2) is 5.43 Å². The van der Waals surface area contributed by atoms with Gasteiger partial charge < -0.3 is 10.1 Å². The van der Waals surface area contributed by atoms with Crippen LogP contribution in [-0.2, 0) is 9.59 Å². The first-order valence-electron chi connectivity index (χ1n) is 7.43. The lowest BCUT2D eigenvalue weighted by Crippen LogP contribution is -2.37. The fraction of sp³-hybridized carbons (Fsp3) is 0.235. The SMILES string of the molecule is CCNC(=O)C(=O)N/N=C\c1c(OCC)ccc2ccccc12. The van der Waals surface area contributed by atoms with Crippen molar-refractivity contribution in [3.05, 3.63) is 42.0 Å². The largest absolute Gasteiger partial charge is 0.493 e. The van der Waals surface area contributed by atoms with Crippen LogP contribution in [0.15, 0.2) is 41.5 Å². The van der Waals surface area contributed by atoms with Gasteiger partial charge in [-0.1, -0.05) is 30.3 Å². The number of benzene rings is 2. The minimum absolute atomic E-state index is 0.383. The number of nitrogens with zero attached hydrogens (tertiary/aromatic N) is 1. The molecule has 6 nitrogen and oxygen atoms in total. The summed E-state index contributed by atoms with van der Waals surface area (Å²) < 4.78 is 5.61. The Hall–Kier alpha value is -2.89. The summed E-state index contributed by atoms with van der Waals surface area (Å²) in [5.74, 6) is -0.851. The number of hydrazone groups is 1. The summed E-state index contributed by atoms with van der Waals surface area (Å²) in [6, 6.07) is 11.6. The number of amides is 2. The van der Waals surface area contributed by atoms with Crippen LogP contribution in [0.5, 0.6) is 5.75 Å². The number of hydrogen-bond donors (Lipinski definition) is 2. The van der Waals surface area contributed by atoms with Crippen LogP contribution in [0.4, 0.5) is 0 Å². The van der Waals surface area contributed by atoms with Crippen molar-refractivity contribution in [1.82, 2.24) is 10.7 Å². The molecule has 2 aromatic carbocycles. The molecule has 0 heterocycles. The number of rotatable bonds is 5. The Bertz CT molecular complexity index is 741. The van der Waals surface area contributed by atoms with E-state index in [1.807, 2.05) is 43.3 Å². The Labute approximate surface area is 134 Å². The fourth-order valence-corrected chi connectivity index (χ4v) is 2.14. The first-order chi connectivity index (χ1) is 11.2. The molecule has 0 spiro atoms. The molecule has 0 aromatic heterocycles. The average Bonchev–Trinajstić information content (AvgIpc) is 2.56. The minimum atomic E-state index is -0.804. The number of fused-ring (bicyclic) bond motifs is 1. The van der Waals surface area contributed by atoms with Gasteiger partial charge in [-0.15, -0.1) is 0 Å². The average molecular weight is 313 g/mol. The summed E-state index contributed by atoms with van der Waals surface area (Å²) >= 11 is 0. The highest BCUT2D eigenvalue weighted by molar-refractivity contribution is 6.35. The van der Waals surface area contributed by atoms with Gasteiger partial charge in [-0.05, 0) is 30.7 Å². The molecule has 120 valence electrons. The van der Waals surface area contributed by atoms with E-state index >= 15 is 0 Å². The highest BCUT2D eigenvalue weighted by Gasteiger charge is 2.11. The lowest BCUT2D eigenvalue weighted by atomic mass is 10.0. The van der Waals surface area contributed by atoms with E-state index in [-0.39, 0.29) is 0 Å². The molecule has 0 atom stereocenters. The summed E-state index contributed by atoms with van der Waals surface area (Å²) in [4.78, 5) is 22.9. The summed E-state index contributed by atoms with van der Waals surface area (Å²) in [5.41, 5.74) is 2.96. The molecule has 0 bridgehead atoms. The number of ether oxygens (including phenoxy) is 1. The topological polar surface area (TPSA) is 79.8 Å². The Balaban J connectivity index is 2.27. The van der Waals surface area contributed by atoms with E-state index < -0.39 is 11.8 Å². The number of nitrogens with one attached hydrogen (secondary N) is 2. The second-order valence-corrected chi connectivity index (χ2v) is 4.69. The van der Waals surface area contributed by atoms with Crippen molar-refractivity contribution in [2.45, 2.75) is 13.8 Å². The van der Waals surface area contributed by atoms with Crippen molar-refractivity contribution in [1.29, 1.82) is 0 Å². The Morgan fingerprint density at radius 2 is 1.91 bits per heavy atom. The maximum atomic E-state index is 11.5. The van der Waals surface area contributed by atoms with E-state index in [0.29, 0.717) is 18.9 Å². The monoisotopic (exact) mass is 313 g/mol. The van der Waals surface area contributed by atoms with Gasteiger partial charge in [0.2, 0.25) is 0 Å². The van der Waals surface area contributed by atoms with Crippen LogP contribution in [0.2, 0.25) is 0 Å². The Kier molecular flexibility index (Phi) is 5.68. The first kappa shape index (κ1) is 16.5. The van der Waals surface area contributed by atoms with Crippen LogP contribution >= 0.6 is 0 Å². The molecule has 0 saturated heterocycles. The first-order valence-corrected chi connectivity index (χ1v) is 7.43. The highest BCUT2D eigenvalue weighted by Crippen LogP contribution is 2.26. The molecule has 2 rings (SSSR count). The molecule has 2 aromatic rings. The maximum absolute atomic E-state index is 11.5. The normalized spacial score (nSPS) is 10.7. The molecule has 6 heteroatoms. The quantitative estimate of drug-likeness (QED) is 0.502. The third-order valence-electron chi connectivity index (χ3n) is 3.13. The minimum Gasteiger partial charge on any atom is -0.493 e. The smallest absolute Gasteiger partial charge is 0.329 e. The summed E-state index contributed by atoms with van der Waals surface area (Å²) in [7, 11) is 0. The van der Waals surface area contributed by atoms with Gasteiger partial charge >= 0.3 is 11.8 Å². The molecule has 0 aliphatic rings. The van der Waals surface area contributed by atoms with Crippen molar-refractivity contribution in [2.24, 2.45) is 5.10 Å². The van der Waals surface area contributed by atoms with Crippen molar-refractivity contribution in [3.8, 4) is 5.75 Å². The van der Waals surface area contributed by atoms with E-state index in [2.05, 4.69) is 15.8 Å². The van der Waals surface area contributed by atoms with E-state index in [1.54, 1.807) is 6.92 Å². The zero-order valence-corrected chi connectivity index (χ0v) is 13.1. The Morgan fingerprint density at radius 3 is 2.65 bits per heavy atom. The molecule has 2 amide bonds. The number of likely N-dealkylation sites (N-methyl/N-ethyl adjacent to an activating group) is 1. The van der Waals surface area contributed by atoms with Crippen molar-refractivity contribution in [3.63, 3.8) is 0 Å². The summed E-state index contributed by atoms with van der Waals surface area (Å²) in [5, 5.41) is 8.27. The third kappa shape index (κ3) is 4.06. The molecule has 0 fully saturated rings. The third-order valence-corrected chi connectivity index (χ3v) is 3.13. The van der Waals surface area contributed by atoms with Gasteiger partial charge in [0, 0.05) is 12.1 Å². The van der Waals surface area contributed by atoms with Crippen LogP contribution in [0, 0.1) is 0 Å². The lowest BCUT2D eigenvalue weighted by Gasteiger charge is -2.10. The molecule has 23 heavy (non-hydrogen) atoms. The predicted molar refractivity (Wildman–Crippen MR) is 89.5 cm³/mol. The zero-order valence-electron chi connectivity index (χ0n) is 13.1. The van der Waals surface area contributed by atoms with Crippen LogP contribution < -0.4 is 15.5 Å².